The van der Waals surface area contributed by atoms with Gasteiger partial charge in [-0.15, -0.1) is 0 Å². The van der Waals surface area contributed by atoms with E-state index in [2.05, 4.69) is 29.1 Å². The molecule has 34 heavy (non-hydrogen) atoms. The number of hydrogen-bond acceptors (Lipinski definition) is 6. The number of amides is 1. The van der Waals surface area contributed by atoms with E-state index in [1.807, 2.05) is 33.6 Å². The summed E-state index contributed by atoms with van der Waals surface area (Å²) >= 11 is 0. The highest BCUT2D eigenvalue weighted by Gasteiger charge is 2.23. The number of rotatable bonds is 6. The van der Waals surface area contributed by atoms with Crippen molar-refractivity contribution in [2.24, 2.45) is 5.73 Å². The van der Waals surface area contributed by atoms with E-state index in [9.17, 15) is 9.90 Å². The molecule has 0 bridgehead atoms. The third-order valence-corrected chi connectivity index (χ3v) is 6.47. The van der Waals surface area contributed by atoms with E-state index in [1.54, 1.807) is 24.8 Å². The maximum Gasteiger partial charge on any atom is 0.250 e. The smallest absolute Gasteiger partial charge is 0.250 e. The van der Waals surface area contributed by atoms with E-state index < -0.39 is 5.91 Å². The summed E-state index contributed by atoms with van der Waals surface area (Å²) < 4.78 is 3.79. The third-order valence-electron chi connectivity index (χ3n) is 6.47. The maximum atomic E-state index is 12.1. The van der Waals surface area contributed by atoms with Crippen LogP contribution in [0.25, 0.3) is 22.4 Å². The van der Waals surface area contributed by atoms with E-state index in [-0.39, 0.29) is 18.1 Å². The highest BCUT2D eigenvalue weighted by molar-refractivity contribution is 5.99. The number of aromatic nitrogens is 5. The van der Waals surface area contributed by atoms with Crippen molar-refractivity contribution in [3.63, 3.8) is 0 Å². The number of pyridine rings is 1. The number of nitrogens with one attached hydrogen (secondary N) is 1. The second kappa shape index (κ2) is 8.90. The van der Waals surface area contributed by atoms with E-state index in [1.165, 1.54) is 0 Å². The number of nitrogens with two attached hydrogens (primary N) is 1. The summed E-state index contributed by atoms with van der Waals surface area (Å²) in [4.78, 5) is 21.0. The number of carbonyl (C=O) groups excluding carboxylic acids is 1. The van der Waals surface area contributed by atoms with Gasteiger partial charge in [-0.1, -0.05) is 13.8 Å². The Hall–Kier alpha value is -3.72. The van der Waals surface area contributed by atoms with Crippen molar-refractivity contribution in [3.05, 3.63) is 60.4 Å². The Kier molecular flexibility index (Phi) is 5.79. The van der Waals surface area contributed by atoms with Crippen molar-refractivity contribution >= 4 is 22.6 Å². The van der Waals surface area contributed by atoms with Crippen LogP contribution in [0.15, 0.2) is 49.2 Å². The number of hydrogen-bond donors (Lipinski definition) is 3. The van der Waals surface area contributed by atoms with Crippen molar-refractivity contribution in [2.45, 2.75) is 57.6 Å². The molecule has 0 aliphatic heterocycles. The predicted octanol–water partition coefficient (Wildman–Crippen LogP) is 3.54. The second-order valence-electron chi connectivity index (χ2n) is 9.19. The molecule has 1 aliphatic carbocycles. The van der Waals surface area contributed by atoms with E-state index in [0.29, 0.717) is 11.3 Å². The van der Waals surface area contributed by atoms with Crippen LogP contribution < -0.4 is 11.1 Å². The van der Waals surface area contributed by atoms with Crippen molar-refractivity contribution in [1.29, 1.82) is 0 Å². The van der Waals surface area contributed by atoms with Gasteiger partial charge in [0.2, 0.25) is 0 Å². The molecule has 1 saturated carbocycles. The SMILES string of the molecule is CC(C)c1nn(-c2ccc(C(N)=O)c(NC3CCC(O)CC3)c2)c2nccc(-n3ccnc3)c12. The molecule has 0 unspecified atom stereocenters. The van der Waals surface area contributed by atoms with Gasteiger partial charge in [-0.05, 0) is 55.9 Å². The number of primary amides is 1. The Balaban J connectivity index is 1.62. The second-order valence-corrected chi connectivity index (χ2v) is 9.19. The lowest BCUT2D eigenvalue weighted by Gasteiger charge is -2.27. The molecule has 4 aromatic rings. The van der Waals surface area contributed by atoms with Crippen molar-refractivity contribution in [2.75, 3.05) is 5.32 Å². The zero-order chi connectivity index (χ0) is 23.8. The Morgan fingerprint density at radius 2 is 1.97 bits per heavy atom. The fourth-order valence-electron chi connectivity index (χ4n) is 4.69. The zero-order valence-corrected chi connectivity index (χ0v) is 19.3. The Morgan fingerprint density at radius 1 is 1.18 bits per heavy atom. The van der Waals surface area contributed by atoms with Crippen LogP contribution >= 0.6 is 0 Å². The Labute approximate surface area is 197 Å². The number of anilines is 1. The molecular formula is C25H29N7O2. The average Bonchev–Trinajstić information content (AvgIpc) is 3.49. The minimum Gasteiger partial charge on any atom is -0.393 e. The molecule has 0 radical (unpaired) electrons. The van der Waals surface area contributed by atoms with E-state index >= 15 is 0 Å². The normalized spacial score (nSPS) is 18.5. The van der Waals surface area contributed by atoms with Crippen LogP contribution in [0.2, 0.25) is 0 Å². The van der Waals surface area contributed by atoms with Gasteiger partial charge in [-0.25, -0.2) is 14.6 Å². The minimum absolute atomic E-state index is 0.170. The van der Waals surface area contributed by atoms with Crippen LogP contribution in [0.5, 0.6) is 0 Å². The van der Waals surface area contributed by atoms with Gasteiger partial charge < -0.3 is 20.7 Å². The molecule has 9 heteroatoms. The van der Waals surface area contributed by atoms with Gasteiger partial charge in [0.15, 0.2) is 5.65 Å². The largest absolute Gasteiger partial charge is 0.393 e. The molecule has 0 atom stereocenters. The maximum absolute atomic E-state index is 12.1. The van der Waals surface area contributed by atoms with Crippen LogP contribution in [0.3, 0.4) is 0 Å². The number of aliphatic hydroxyl groups is 1. The van der Waals surface area contributed by atoms with Gasteiger partial charge in [0, 0.05) is 30.3 Å². The van der Waals surface area contributed by atoms with Gasteiger partial charge in [0.05, 0.1) is 40.4 Å². The number of aliphatic hydroxyl groups excluding tert-OH is 1. The quantitative estimate of drug-likeness (QED) is 0.405. The average molecular weight is 460 g/mol. The van der Waals surface area contributed by atoms with Crippen LogP contribution in [0.1, 0.15) is 61.5 Å². The molecule has 176 valence electrons. The highest BCUT2D eigenvalue weighted by atomic mass is 16.3. The molecule has 3 aromatic heterocycles. The lowest BCUT2D eigenvalue weighted by atomic mass is 9.92. The number of carbonyl (C=O) groups is 1. The third kappa shape index (κ3) is 4.03. The number of benzene rings is 1. The molecule has 5 rings (SSSR count). The summed E-state index contributed by atoms with van der Waals surface area (Å²) in [5.41, 5.74) is 10.2. The predicted molar refractivity (Wildman–Crippen MR) is 130 cm³/mol. The summed E-state index contributed by atoms with van der Waals surface area (Å²) in [6.45, 7) is 4.22. The first kappa shape index (κ1) is 22.1. The lowest BCUT2D eigenvalue weighted by molar-refractivity contribution is 0.100. The van der Waals surface area contributed by atoms with Crippen LogP contribution in [0.4, 0.5) is 5.69 Å². The van der Waals surface area contributed by atoms with E-state index in [4.69, 9.17) is 10.8 Å². The molecule has 4 N–H and O–H groups in total. The van der Waals surface area contributed by atoms with Crippen molar-refractivity contribution in [3.8, 4) is 11.4 Å². The van der Waals surface area contributed by atoms with Crippen LogP contribution in [0, 0.1) is 0 Å². The lowest BCUT2D eigenvalue weighted by Crippen LogP contribution is -2.29. The standard InChI is InChI=1S/C25H29N7O2/c1-15(2)23-22-21(31-12-11-27-14-31)9-10-28-25(22)32(30-23)17-5-8-19(24(26)34)20(13-17)29-16-3-6-18(33)7-4-16/h5,8-16,18,29,33H,3-4,6-7H2,1-2H3,(H2,26,34). The molecule has 1 amide bonds. The van der Waals surface area contributed by atoms with Gasteiger partial charge in [0.25, 0.3) is 5.91 Å². The molecule has 0 spiro atoms. The molecule has 3 heterocycles. The number of fused-ring (bicyclic) bond motifs is 1. The zero-order valence-electron chi connectivity index (χ0n) is 19.3. The van der Waals surface area contributed by atoms with Crippen molar-refractivity contribution < 1.29 is 9.90 Å². The van der Waals surface area contributed by atoms with Crippen LogP contribution in [-0.4, -0.2) is 47.5 Å². The summed E-state index contributed by atoms with van der Waals surface area (Å²) in [6, 6.07) is 7.62. The number of nitrogens with zero attached hydrogens (tertiary/aromatic N) is 5. The fourth-order valence-corrected chi connectivity index (χ4v) is 4.69. The summed E-state index contributed by atoms with van der Waals surface area (Å²) in [5.74, 6) is -0.315. The molecule has 1 aliphatic rings. The summed E-state index contributed by atoms with van der Waals surface area (Å²) in [7, 11) is 0. The molecular weight excluding hydrogens is 430 g/mol. The first-order chi connectivity index (χ1) is 16.4. The van der Waals surface area contributed by atoms with Gasteiger partial charge in [0.1, 0.15) is 0 Å². The first-order valence-electron chi connectivity index (χ1n) is 11.7. The topological polar surface area (TPSA) is 124 Å². The monoisotopic (exact) mass is 459 g/mol. The first-order valence-corrected chi connectivity index (χ1v) is 11.7. The molecule has 0 saturated heterocycles. The van der Waals surface area contributed by atoms with Gasteiger partial charge in [-0.3, -0.25) is 4.79 Å². The fraction of sp³-hybridized carbons (Fsp3) is 0.360. The Morgan fingerprint density at radius 3 is 2.65 bits per heavy atom. The van der Waals surface area contributed by atoms with Gasteiger partial charge >= 0.3 is 0 Å². The van der Waals surface area contributed by atoms with Gasteiger partial charge in [-0.2, -0.15) is 5.10 Å². The van der Waals surface area contributed by atoms with E-state index in [0.717, 1.165) is 53.8 Å². The number of imidazole rings is 1. The van der Waals surface area contributed by atoms with Crippen LogP contribution in [-0.2, 0) is 0 Å². The van der Waals surface area contributed by atoms with Crippen molar-refractivity contribution in [1.82, 2.24) is 24.3 Å². The summed E-state index contributed by atoms with van der Waals surface area (Å²) in [6.07, 6.45) is 10.1. The molecule has 9 nitrogen and oxygen atoms in total. The Bertz CT molecular complexity index is 1320. The molecule has 1 aromatic carbocycles. The minimum atomic E-state index is -0.487. The molecule has 1 fully saturated rings. The summed E-state index contributed by atoms with van der Waals surface area (Å²) in [5, 5.41) is 19.2. The highest BCUT2D eigenvalue weighted by Crippen LogP contribution is 2.32.